The Balaban J connectivity index is 2.32. The van der Waals surface area contributed by atoms with Gasteiger partial charge in [0, 0.05) is 12.3 Å². The van der Waals surface area contributed by atoms with Gasteiger partial charge in [-0.2, -0.15) is 0 Å². The Hall–Kier alpha value is -0.570. The summed E-state index contributed by atoms with van der Waals surface area (Å²) >= 11 is 0. The zero-order valence-corrected chi connectivity index (χ0v) is 9.91. The molecule has 2 aliphatic carbocycles. The first-order chi connectivity index (χ1) is 6.80. The van der Waals surface area contributed by atoms with E-state index in [-0.39, 0.29) is 28.8 Å². The number of rotatable bonds is 1. The first kappa shape index (κ1) is 10.9. The zero-order chi connectivity index (χ0) is 11.4. The van der Waals surface area contributed by atoms with Gasteiger partial charge in [0.05, 0.1) is 6.10 Å². The molecule has 0 radical (unpaired) electrons. The van der Waals surface area contributed by atoms with Crippen LogP contribution in [0.4, 0.5) is 0 Å². The molecular formula is C12H20O3. The Morgan fingerprint density at radius 1 is 1.40 bits per heavy atom. The molecule has 1 N–H and O–H groups in total. The Bertz CT molecular complexity index is 297. The van der Waals surface area contributed by atoms with Crippen molar-refractivity contribution >= 4 is 5.97 Å². The highest BCUT2D eigenvalue weighted by molar-refractivity contribution is 5.66. The summed E-state index contributed by atoms with van der Waals surface area (Å²) in [6, 6.07) is 0. The van der Waals surface area contributed by atoms with E-state index >= 15 is 0 Å². The van der Waals surface area contributed by atoms with Crippen LogP contribution in [0.1, 0.15) is 40.5 Å². The summed E-state index contributed by atoms with van der Waals surface area (Å²) in [6.45, 7) is 7.90. The Kier molecular flexibility index (Phi) is 2.16. The number of carbonyl (C=O) groups excluding carboxylic acids is 1. The summed E-state index contributed by atoms with van der Waals surface area (Å²) in [5.74, 6) is -0.0181. The van der Waals surface area contributed by atoms with Gasteiger partial charge in [0.1, 0.15) is 6.10 Å². The van der Waals surface area contributed by atoms with Gasteiger partial charge in [0.25, 0.3) is 0 Å². The van der Waals surface area contributed by atoms with E-state index in [2.05, 4.69) is 20.8 Å². The number of ether oxygens (including phenoxy) is 1. The third kappa shape index (κ3) is 1.19. The molecule has 2 saturated carbocycles. The summed E-state index contributed by atoms with van der Waals surface area (Å²) in [4.78, 5) is 11.0. The quantitative estimate of drug-likeness (QED) is 0.673. The summed E-state index contributed by atoms with van der Waals surface area (Å²) in [5, 5.41) is 10.2. The number of aliphatic hydroxyl groups excluding tert-OH is 1. The third-order valence-corrected chi connectivity index (χ3v) is 5.02. The van der Waals surface area contributed by atoms with E-state index in [4.69, 9.17) is 4.74 Å². The van der Waals surface area contributed by atoms with Crippen LogP contribution in [0.3, 0.4) is 0 Å². The zero-order valence-electron chi connectivity index (χ0n) is 9.91. The fraction of sp³-hybridized carbons (Fsp3) is 0.917. The first-order valence-corrected chi connectivity index (χ1v) is 5.66. The predicted octanol–water partition coefficient (Wildman–Crippen LogP) is 1.74. The average molecular weight is 212 g/mol. The monoisotopic (exact) mass is 212 g/mol. The van der Waals surface area contributed by atoms with E-state index < -0.39 is 6.10 Å². The Morgan fingerprint density at radius 2 is 2.00 bits per heavy atom. The van der Waals surface area contributed by atoms with Gasteiger partial charge in [0.15, 0.2) is 0 Å². The van der Waals surface area contributed by atoms with Gasteiger partial charge >= 0.3 is 5.97 Å². The van der Waals surface area contributed by atoms with Crippen LogP contribution in [0.25, 0.3) is 0 Å². The number of carbonyl (C=O) groups is 1. The molecule has 2 rings (SSSR count). The van der Waals surface area contributed by atoms with Crippen LogP contribution in [-0.2, 0) is 9.53 Å². The van der Waals surface area contributed by atoms with Gasteiger partial charge in [-0.15, -0.1) is 0 Å². The lowest BCUT2D eigenvalue weighted by Crippen LogP contribution is -2.42. The molecule has 15 heavy (non-hydrogen) atoms. The molecule has 0 aromatic heterocycles. The van der Waals surface area contributed by atoms with Crippen LogP contribution >= 0.6 is 0 Å². The smallest absolute Gasteiger partial charge is 0.303 e. The summed E-state index contributed by atoms with van der Waals surface area (Å²) in [7, 11) is 0. The minimum absolute atomic E-state index is 0.0620. The van der Waals surface area contributed by atoms with Gasteiger partial charge in [0.2, 0.25) is 0 Å². The standard InChI is InChI=1S/C12H20O3/c1-7(13)15-10-9(14)8-5-6-12(10,4)11(8,2)3/h8-10,14H,5-6H2,1-4H3/t8-,9-,10+,12+/m1/s1. The van der Waals surface area contributed by atoms with Gasteiger partial charge in [-0.1, -0.05) is 20.8 Å². The molecular weight excluding hydrogens is 192 g/mol. The van der Waals surface area contributed by atoms with Crippen molar-refractivity contribution in [1.29, 1.82) is 0 Å². The maximum atomic E-state index is 11.0. The van der Waals surface area contributed by atoms with Crippen LogP contribution in [-0.4, -0.2) is 23.3 Å². The summed E-state index contributed by atoms with van der Waals surface area (Å²) < 4.78 is 5.31. The van der Waals surface area contributed by atoms with E-state index in [1.54, 1.807) is 0 Å². The lowest BCUT2D eigenvalue weighted by molar-refractivity contribution is -0.162. The van der Waals surface area contributed by atoms with Crippen molar-refractivity contribution in [1.82, 2.24) is 0 Å². The molecule has 0 saturated heterocycles. The second kappa shape index (κ2) is 2.97. The molecule has 0 amide bonds. The number of aliphatic hydroxyl groups is 1. The van der Waals surface area contributed by atoms with Gasteiger partial charge in [-0.05, 0) is 24.2 Å². The maximum Gasteiger partial charge on any atom is 0.303 e. The maximum absolute atomic E-state index is 11.0. The number of hydrogen-bond donors (Lipinski definition) is 1. The highest BCUT2D eigenvalue weighted by atomic mass is 16.6. The topological polar surface area (TPSA) is 46.5 Å². The number of esters is 1. The Labute approximate surface area is 90.8 Å². The van der Waals surface area contributed by atoms with E-state index in [9.17, 15) is 9.90 Å². The number of fused-ring (bicyclic) bond motifs is 2. The van der Waals surface area contributed by atoms with Gasteiger partial charge in [-0.3, -0.25) is 4.79 Å². The minimum Gasteiger partial charge on any atom is -0.459 e. The molecule has 2 fully saturated rings. The fourth-order valence-electron chi connectivity index (χ4n) is 3.63. The van der Waals surface area contributed by atoms with Gasteiger partial charge < -0.3 is 9.84 Å². The first-order valence-electron chi connectivity index (χ1n) is 5.66. The van der Waals surface area contributed by atoms with E-state index in [1.165, 1.54) is 6.92 Å². The minimum atomic E-state index is -0.484. The van der Waals surface area contributed by atoms with Gasteiger partial charge in [-0.25, -0.2) is 0 Å². The average Bonchev–Trinajstić information content (AvgIpc) is 2.39. The summed E-state index contributed by atoms with van der Waals surface area (Å²) in [5.41, 5.74) is -0.00468. The van der Waals surface area contributed by atoms with Crippen LogP contribution < -0.4 is 0 Å². The van der Waals surface area contributed by atoms with Crippen molar-refractivity contribution < 1.29 is 14.6 Å². The fourth-order valence-corrected chi connectivity index (χ4v) is 3.63. The van der Waals surface area contributed by atoms with Crippen molar-refractivity contribution in [3.63, 3.8) is 0 Å². The normalized spacial score (nSPS) is 46.9. The van der Waals surface area contributed by atoms with E-state index in [0.29, 0.717) is 0 Å². The van der Waals surface area contributed by atoms with Crippen LogP contribution in [0, 0.1) is 16.7 Å². The lowest BCUT2D eigenvalue weighted by Gasteiger charge is -2.38. The SMILES string of the molecule is CC(=O)O[C@H]1[C@H](O)[C@H]2CC[C@]1(C)C2(C)C. The van der Waals surface area contributed by atoms with E-state index in [0.717, 1.165) is 12.8 Å². The molecule has 0 heterocycles. The highest BCUT2D eigenvalue weighted by Crippen LogP contribution is 2.66. The molecule has 2 bridgehead atoms. The highest BCUT2D eigenvalue weighted by Gasteiger charge is 2.67. The molecule has 86 valence electrons. The molecule has 4 atom stereocenters. The number of hydrogen-bond acceptors (Lipinski definition) is 3. The van der Waals surface area contributed by atoms with Crippen LogP contribution in [0.15, 0.2) is 0 Å². The van der Waals surface area contributed by atoms with Crippen molar-refractivity contribution in [3.8, 4) is 0 Å². The molecule has 3 nitrogen and oxygen atoms in total. The second-order valence-corrected chi connectivity index (χ2v) is 5.80. The molecule has 3 heteroatoms. The molecule has 0 aromatic carbocycles. The Morgan fingerprint density at radius 3 is 2.40 bits per heavy atom. The van der Waals surface area contributed by atoms with E-state index in [1.807, 2.05) is 0 Å². The molecule has 0 spiro atoms. The third-order valence-electron chi connectivity index (χ3n) is 5.02. The van der Waals surface area contributed by atoms with Crippen LogP contribution in [0.5, 0.6) is 0 Å². The summed E-state index contributed by atoms with van der Waals surface area (Å²) in [6.07, 6.45) is 1.29. The van der Waals surface area contributed by atoms with Crippen molar-refractivity contribution in [2.75, 3.05) is 0 Å². The molecule has 0 aromatic rings. The van der Waals surface area contributed by atoms with Crippen molar-refractivity contribution in [2.24, 2.45) is 16.7 Å². The second-order valence-electron chi connectivity index (χ2n) is 5.80. The molecule has 0 aliphatic heterocycles. The van der Waals surface area contributed by atoms with Crippen LogP contribution in [0.2, 0.25) is 0 Å². The molecule has 0 unspecified atom stereocenters. The van der Waals surface area contributed by atoms with Crippen molar-refractivity contribution in [3.05, 3.63) is 0 Å². The largest absolute Gasteiger partial charge is 0.459 e. The predicted molar refractivity (Wildman–Crippen MR) is 56.2 cm³/mol. The molecule has 2 aliphatic rings. The lowest BCUT2D eigenvalue weighted by atomic mass is 9.70. The van der Waals surface area contributed by atoms with Crippen molar-refractivity contribution in [2.45, 2.75) is 52.7 Å².